The predicted octanol–water partition coefficient (Wildman–Crippen LogP) is 3.69. The molecule has 1 fully saturated rings. The first-order valence-corrected chi connectivity index (χ1v) is 9.36. The Labute approximate surface area is 159 Å². The van der Waals surface area contributed by atoms with E-state index in [0.717, 1.165) is 30.2 Å². The number of benzene rings is 2. The van der Waals surface area contributed by atoms with Crippen molar-refractivity contribution in [2.24, 2.45) is 0 Å². The molecule has 0 aromatic heterocycles. The maximum Gasteiger partial charge on any atom is 0.243 e. The minimum atomic E-state index is -0.110. The van der Waals surface area contributed by atoms with Gasteiger partial charge in [0.25, 0.3) is 0 Å². The summed E-state index contributed by atoms with van der Waals surface area (Å²) in [5.41, 5.74) is 3.56. The van der Waals surface area contributed by atoms with Crippen molar-refractivity contribution in [3.8, 4) is 0 Å². The number of nitrogens with zero attached hydrogens (tertiary/aromatic N) is 1. The molecule has 0 saturated carbocycles. The van der Waals surface area contributed by atoms with E-state index in [9.17, 15) is 9.59 Å². The largest absolute Gasteiger partial charge is 0.376 e. The highest BCUT2D eigenvalue weighted by Gasteiger charge is 2.11. The number of piperidine rings is 1. The van der Waals surface area contributed by atoms with E-state index >= 15 is 0 Å². The summed E-state index contributed by atoms with van der Waals surface area (Å²) in [4.78, 5) is 25.5. The second-order valence-corrected chi connectivity index (χ2v) is 6.75. The van der Waals surface area contributed by atoms with Crippen molar-refractivity contribution in [2.45, 2.75) is 26.2 Å². The van der Waals surface area contributed by atoms with Crippen LogP contribution in [0.5, 0.6) is 0 Å². The van der Waals surface area contributed by atoms with Gasteiger partial charge in [0.2, 0.25) is 11.8 Å². The van der Waals surface area contributed by atoms with Crippen molar-refractivity contribution in [3.05, 3.63) is 48.5 Å². The van der Waals surface area contributed by atoms with Gasteiger partial charge in [-0.25, -0.2) is 0 Å². The van der Waals surface area contributed by atoms with Crippen LogP contribution < -0.4 is 20.9 Å². The molecule has 0 aliphatic carbocycles. The molecule has 1 aliphatic heterocycles. The standard InChI is InChI=1S/C21H26N4O2/c1-16(26)23-18-7-5-17(6-8-18)22-15-21(27)24-19-9-11-20(12-10-19)25-13-3-2-4-14-25/h5-12,22H,2-4,13-15H2,1H3,(H,23,26)(H,24,27). The van der Waals surface area contributed by atoms with Crippen LogP contribution in [0, 0.1) is 0 Å². The van der Waals surface area contributed by atoms with E-state index in [1.807, 2.05) is 24.3 Å². The molecule has 0 unspecified atom stereocenters. The fourth-order valence-electron chi connectivity index (χ4n) is 3.17. The molecule has 1 aliphatic rings. The van der Waals surface area contributed by atoms with Crippen LogP contribution >= 0.6 is 0 Å². The lowest BCUT2D eigenvalue weighted by molar-refractivity contribution is -0.115. The fraction of sp³-hybridized carbons (Fsp3) is 0.333. The third kappa shape index (κ3) is 5.74. The molecular formula is C21H26N4O2. The van der Waals surface area contributed by atoms with Gasteiger partial charge in [-0.3, -0.25) is 9.59 Å². The molecule has 3 N–H and O–H groups in total. The molecule has 2 aromatic rings. The summed E-state index contributed by atoms with van der Waals surface area (Å²) >= 11 is 0. The Balaban J connectivity index is 1.46. The van der Waals surface area contributed by atoms with Crippen LogP contribution in [0.15, 0.2) is 48.5 Å². The van der Waals surface area contributed by atoms with Gasteiger partial charge >= 0.3 is 0 Å². The molecule has 1 heterocycles. The van der Waals surface area contributed by atoms with E-state index < -0.39 is 0 Å². The maximum absolute atomic E-state index is 12.1. The first-order valence-electron chi connectivity index (χ1n) is 9.36. The maximum atomic E-state index is 12.1. The number of carbonyl (C=O) groups is 2. The molecule has 3 rings (SSSR count). The lowest BCUT2D eigenvalue weighted by atomic mass is 10.1. The van der Waals surface area contributed by atoms with Gasteiger partial charge < -0.3 is 20.9 Å². The third-order valence-electron chi connectivity index (χ3n) is 4.53. The van der Waals surface area contributed by atoms with Crippen LogP contribution in [-0.2, 0) is 9.59 Å². The second-order valence-electron chi connectivity index (χ2n) is 6.75. The zero-order chi connectivity index (χ0) is 19.1. The van der Waals surface area contributed by atoms with Gasteiger partial charge in [0.1, 0.15) is 0 Å². The van der Waals surface area contributed by atoms with E-state index in [-0.39, 0.29) is 18.4 Å². The first kappa shape index (κ1) is 18.8. The molecule has 0 bridgehead atoms. The summed E-state index contributed by atoms with van der Waals surface area (Å²) in [6.07, 6.45) is 3.81. The van der Waals surface area contributed by atoms with E-state index in [1.165, 1.54) is 31.9 Å². The van der Waals surface area contributed by atoms with Crippen LogP contribution in [0.2, 0.25) is 0 Å². The van der Waals surface area contributed by atoms with Gasteiger partial charge in [-0.1, -0.05) is 0 Å². The topological polar surface area (TPSA) is 73.5 Å². The van der Waals surface area contributed by atoms with Gasteiger partial charge in [-0.05, 0) is 67.8 Å². The summed E-state index contributed by atoms with van der Waals surface area (Å²) in [5, 5.41) is 8.69. The molecule has 1 saturated heterocycles. The Morgan fingerprint density at radius 2 is 1.37 bits per heavy atom. The number of carbonyl (C=O) groups excluding carboxylic acids is 2. The lowest BCUT2D eigenvalue weighted by Gasteiger charge is -2.28. The van der Waals surface area contributed by atoms with E-state index in [4.69, 9.17) is 0 Å². The van der Waals surface area contributed by atoms with Crippen LogP contribution in [0.4, 0.5) is 22.7 Å². The van der Waals surface area contributed by atoms with Crippen LogP contribution in [0.25, 0.3) is 0 Å². The summed E-state index contributed by atoms with van der Waals surface area (Å²) in [6, 6.07) is 15.3. The highest BCUT2D eigenvalue weighted by molar-refractivity contribution is 5.94. The molecule has 27 heavy (non-hydrogen) atoms. The van der Waals surface area contributed by atoms with Gasteiger partial charge in [0.15, 0.2) is 0 Å². The molecule has 2 amide bonds. The monoisotopic (exact) mass is 366 g/mol. The van der Waals surface area contributed by atoms with Crippen molar-refractivity contribution >= 4 is 34.6 Å². The van der Waals surface area contributed by atoms with Crippen molar-refractivity contribution in [1.82, 2.24) is 0 Å². The van der Waals surface area contributed by atoms with Crippen LogP contribution in [0.3, 0.4) is 0 Å². The van der Waals surface area contributed by atoms with E-state index in [0.29, 0.717) is 0 Å². The van der Waals surface area contributed by atoms with Gasteiger partial charge in [0, 0.05) is 42.8 Å². The molecule has 0 atom stereocenters. The Morgan fingerprint density at radius 3 is 2.00 bits per heavy atom. The third-order valence-corrected chi connectivity index (χ3v) is 4.53. The lowest BCUT2D eigenvalue weighted by Crippen LogP contribution is -2.29. The summed E-state index contributed by atoms with van der Waals surface area (Å²) < 4.78 is 0. The van der Waals surface area contributed by atoms with E-state index in [2.05, 4.69) is 33.0 Å². The zero-order valence-corrected chi connectivity index (χ0v) is 15.6. The van der Waals surface area contributed by atoms with Crippen molar-refractivity contribution in [2.75, 3.05) is 40.5 Å². The van der Waals surface area contributed by atoms with Gasteiger partial charge in [-0.15, -0.1) is 0 Å². The molecule has 6 heteroatoms. The number of hydrogen-bond donors (Lipinski definition) is 3. The Kier molecular flexibility index (Phi) is 6.30. The number of nitrogens with one attached hydrogen (secondary N) is 3. The number of rotatable bonds is 6. The first-order chi connectivity index (χ1) is 13.1. The van der Waals surface area contributed by atoms with Crippen LogP contribution in [-0.4, -0.2) is 31.4 Å². The Bertz CT molecular complexity index is 766. The summed E-state index contributed by atoms with van der Waals surface area (Å²) in [7, 11) is 0. The number of hydrogen-bond acceptors (Lipinski definition) is 4. The summed E-state index contributed by atoms with van der Waals surface area (Å²) in [5.74, 6) is -0.215. The second kappa shape index (κ2) is 9.07. The average Bonchev–Trinajstić information content (AvgIpc) is 2.68. The highest BCUT2D eigenvalue weighted by atomic mass is 16.2. The normalized spacial score (nSPS) is 13.7. The molecule has 0 radical (unpaired) electrons. The average molecular weight is 366 g/mol. The minimum absolute atomic E-state index is 0.105. The molecule has 142 valence electrons. The van der Waals surface area contributed by atoms with E-state index in [1.54, 1.807) is 12.1 Å². The highest BCUT2D eigenvalue weighted by Crippen LogP contribution is 2.21. The Morgan fingerprint density at radius 1 is 0.815 bits per heavy atom. The smallest absolute Gasteiger partial charge is 0.243 e. The SMILES string of the molecule is CC(=O)Nc1ccc(NCC(=O)Nc2ccc(N3CCCCC3)cc2)cc1. The van der Waals surface area contributed by atoms with Crippen molar-refractivity contribution < 1.29 is 9.59 Å². The zero-order valence-electron chi connectivity index (χ0n) is 15.6. The fourth-order valence-corrected chi connectivity index (χ4v) is 3.17. The molecule has 6 nitrogen and oxygen atoms in total. The molecule has 0 spiro atoms. The minimum Gasteiger partial charge on any atom is -0.376 e. The van der Waals surface area contributed by atoms with Crippen molar-refractivity contribution in [1.29, 1.82) is 0 Å². The number of anilines is 4. The van der Waals surface area contributed by atoms with Crippen LogP contribution in [0.1, 0.15) is 26.2 Å². The van der Waals surface area contributed by atoms with Gasteiger partial charge in [0.05, 0.1) is 6.54 Å². The van der Waals surface area contributed by atoms with Crippen molar-refractivity contribution in [3.63, 3.8) is 0 Å². The molecule has 2 aromatic carbocycles. The summed E-state index contributed by atoms with van der Waals surface area (Å²) in [6.45, 7) is 3.86. The quantitative estimate of drug-likeness (QED) is 0.729. The van der Waals surface area contributed by atoms with Gasteiger partial charge in [-0.2, -0.15) is 0 Å². The Hall–Kier alpha value is -3.02. The predicted molar refractivity (Wildman–Crippen MR) is 110 cm³/mol. The molecular weight excluding hydrogens is 340 g/mol. The number of amides is 2.